The van der Waals surface area contributed by atoms with E-state index >= 15 is 0 Å². The summed E-state index contributed by atoms with van der Waals surface area (Å²) < 4.78 is 1.96. The predicted octanol–water partition coefficient (Wildman–Crippen LogP) is -0.251. The van der Waals surface area contributed by atoms with Crippen molar-refractivity contribution in [3.8, 4) is 0 Å². The van der Waals surface area contributed by atoms with Crippen molar-refractivity contribution in [2.75, 3.05) is 13.1 Å². The number of likely N-dealkylation sites (tertiary alicyclic amines) is 1. The molecule has 1 aliphatic rings. The highest BCUT2D eigenvalue weighted by molar-refractivity contribution is 5.09. The van der Waals surface area contributed by atoms with Crippen LogP contribution in [-0.4, -0.2) is 50.2 Å². The van der Waals surface area contributed by atoms with Crippen LogP contribution >= 0.6 is 0 Å². The first kappa shape index (κ1) is 11.6. The van der Waals surface area contributed by atoms with Crippen LogP contribution in [0.3, 0.4) is 0 Å². The molecule has 0 radical (unpaired) electrons. The molecule has 1 aromatic rings. The maximum absolute atomic E-state index is 9.46. The van der Waals surface area contributed by atoms with Crippen LogP contribution in [0.1, 0.15) is 18.3 Å². The molecular formula is C11H19N3O2. The van der Waals surface area contributed by atoms with E-state index in [0.717, 1.165) is 24.5 Å². The molecule has 1 aromatic heterocycles. The van der Waals surface area contributed by atoms with E-state index in [1.807, 2.05) is 11.6 Å². The predicted molar refractivity (Wildman–Crippen MR) is 59.9 cm³/mol. The maximum atomic E-state index is 9.46. The zero-order chi connectivity index (χ0) is 11.7. The molecule has 5 nitrogen and oxygen atoms in total. The van der Waals surface area contributed by atoms with Gasteiger partial charge >= 0.3 is 0 Å². The molecular weight excluding hydrogens is 206 g/mol. The lowest BCUT2D eigenvalue weighted by Crippen LogP contribution is -2.23. The van der Waals surface area contributed by atoms with Gasteiger partial charge < -0.3 is 10.2 Å². The van der Waals surface area contributed by atoms with Gasteiger partial charge in [0.2, 0.25) is 0 Å². The van der Waals surface area contributed by atoms with Gasteiger partial charge in [-0.3, -0.25) is 9.58 Å². The topological polar surface area (TPSA) is 61.5 Å². The number of nitrogens with zero attached hydrogens (tertiary/aromatic N) is 3. The van der Waals surface area contributed by atoms with Gasteiger partial charge in [-0.15, -0.1) is 0 Å². The molecule has 0 aliphatic carbocycles. The largest absolute Gasteiger partial charge is 0.389 e. The van der Waals surface area contributed by atoms with E-state index in [2.05, 4.69) is 23.0 Å². The van der Waals surface area contributed by atoms with Gasteiger partial charge in [-0.05, 0) is 19.9 Å². The van der Waals surface area contributed by atoms with Gasteiger partial charge in [0.25, 0.3) is 0 Å². The van der Waals surface area contributed by atoms with E-state index in [1.54, 1.807) is 0 Å². The van der Waals surface area contributed by atoms with E-state index < -0.39 is 12.2 Å². The Balaban J connectivity index is 2.04. The Bertz CT molecular complexity index is 354. The molecule has 16 heavy (non-hydrogen) atoms. The molecule has 90 valence electrons. The number of hydrogen-bond acceptors (Lipinski definition) is 4. The summed E-state index contributed by atoms with van der Waals surface area (Å²) >= 11 is 0. The average molecular weight is 225 g/mol. The highest BCUT2D eigenvalue weighted by Crippen LogP contribution is 2.14. The molecule has 0 saturated carbocycles. The summed E-state index contributed by atoms with van der Waals surface area (Å²) in [6.45, 7) is 6.70. The van der Waals surface area contributed by atoms with Gasteiger partial charge in [0.15, 0.2) is 0 Å². The first-order valence-corrected chi connectivity index (χ1v) is 5.72. The normalized spacial score (nSPS) is 26.5. The molecule has 1 saturated heterocycles. The minimum absolute atomic E-state index is 0.537. The number of aromatic nitrogens is 2. The Morgan fingerprint density at radius 3 is 2.56 bits per heavy atom. The van der Waals surface area contributed by atoms with E-state index in [-0.39, 0.29) is 0 Å². The molecule has 5 heteroatoms. The summed E-state index contributed by atoms with van der Waals surface area (Å²) in [5, 5.41) is 23.3. The molecule has 0 spiro atoms. The van der Waals surface area contributed by atoms with Crippen molar-refractivity contribution in [2.45, 2.75) is 39.1 Å². The third-order valence-electron chi connectivity index (χ3n) is 3.01. The third kappa shape index (κ3) is 2.26. The lowest BCUT2D eigenvalue weighted by atomic mass is 10.3. The molecule has 1 aliphatic heterocycles. The molecule has 2 heterocycles. The van der Waals surface area contributed by atoms with E-state index in [9.17, 15) is 10.2 Å². The lowest BCUT2D eigenvalue weighted by Gasteiger charge is -2.15. The Hall–Kier alpha value is -0.910. The van der Waals surface area contributed by atoms with E-state index in [1.165, 1.54) is 0 Å². The standard InChI is InChI=1S/C11H19N3O2/c1-3-14-9(4-8(2)12-14)5-13-6-10(15)11(16)7-13/h4,10-11,15-16H,3,5-7H2,1-2H3/t10-,11+. The van der Waals surface area contributed by atoms with Crippen LogP contribution in [0.4, 0.5) is 0 Å². The summed E-state index contributed by atoms with van der Waals surface area (Å²) in [5.41, 5.74) is 2.15. The number of rotatable bonds is 3. The number of aryl methyl sites for hydroxylation is 2. The van der Waals surface area contributed by atoms with E-state index in [0.29, 0.717) is 13.1 Å². The highest BCUT2D eigenvalue weighted by atomic mass is 16.3. The van der Waals surface area contributed by atoms with Gasteiger partial charge in [0, 0.05) is 26.2 Å². The summed E-state index contributed by atoms with van der Waals surface area (Å²) in [7, 11) is 0. The minimum atomic E-state index is -0.612. The fourth-order valence-corrected chi connectivity index (χ4v) is 2.21. The van der Waals surface area contributed by atoms with Crippen LogP contribution in [0.2, 0.25) is 0 Å². The molecule has 1 fully saturated rings. The number of hydrogen-bond donors (Lipinski definition) is 2. The summed E-state index contributed by atoms with van der Waals surface area (Å²) in [4.78, 5) is 2.05. The van der Waals surface area contributed by atoms with E-state index in [4.69, 9.17) is 0 Å². The number of β-amino-alcohol motifs (C(OH)–C–C–N with tert-alkyl or cyclic N) is 2. The fourth-order valence-electron chi connectivity index (χ4n) is 2.21. The maximum Gasteiger partial charge on any atom is 0.0938 e. The van der Waals surface area contributed by atoms with Gasteiger partial charge in [-0.2, -0.15) is 5.10 Å². The first-order valence-electron chi connectivity index (χ1n) is 5.72. The van der Waals surface area contributed by atoms with Gasteiger partial charge in [-0.25, -0.2) is 0 Å². The van der Waals surface area contributed by atoms with Gasteiger partial charge in [0.1, 0.15) is 0 Å². The van der Waals surface area contributed by atoms with Crippen LogP contribution in [-0.2, 0) is 13.1 Å². The quantitative estimate of drug-likeness (QED) is 0.744. The fraction of sp³-hybridized carbons (Fsp3) is 0.727. The van der Waals surface area contributed by atoms with Gasteiger partial charge in [0.05, 0.1) is 23.6 Å². The minimum Gasteiger partial charge on any atom is -0.389 e. The summed E-state index contributed by atoms with van der Waals surface area (Å²) in [5.74, 6) is 0. The Kier molecular flexibility index (Phi) is 3.28. The van der Waals surface area contributed by atoms with Crippen LogP contribution < -0.4 is 0 Å². The molecule has 0 unspecified atom stereocenters. The number of aliphatic hydroxyl groups excluding tert-OH is 2. The second-order valence-corrected chi connectivity index (χ2v) is 4.42. The van der Waals surface area contributed by atoms with Crippen molar-refractivity contribution in [1.29, 1.82) is 0 Å². The van der Waals surface area contributed by atoms with Gasteiger partial charge in [-0.1, -0.05) is 0 Å². The summed E-state index contributed by atoms with van der Waals surface area (Å²) in [6, 6.07) is 2.06. The average Bonchev–Trinajstić information content (AvgIpc) is 2.72. The van der Waals surface area contributed by atoms with Crippen LogP contribution in [0.15, 0.2) is 6.07 Å². The molecule has 2 atom stereocenters. The zero-order valence-electron chi connectivity index (χ0n) is 9.80. The second kappa shape index (κ2) is 4.53. The van der Waals surface area contributed by atoms with Crippen molar-refractivity contribution in [2.24, 2.45) is 0 Å². The van der Waals surface area contributed by atoms with Crippen LogP contribution in [0, 0.1) is 6.92 Å². The Morgan fingerprint density at radius 1 is 1.38 bits per heavy atom. The van der Waals surface area contributed by atoms with Crippen molar-refractivity contribution in [3.05, 3.63) is 17.5 Å². The second-order valence-electron chi connectivity index (χ2n) is 4.42. The third-order valence-corrected chi connectivity index (χ3v) is 3.01. The van der Waals surface area contributed by atoms with Crippen LogP contribution in [0.25, 0.3) is 0 Å². The smallest absolute Gasteiger partial charge is 0.0938 e. The van der Waals surface area contributed by atoms with Crippen LogP contribution in [0.5, 0.6) is 0 Å². The molecule has 2 N–H and O–H groups in total. The zero-order valence-corrected chi connectivity index (χ0v) is 9.80. The lowest BCUT2D eigenvalue weighted by molar-refractivity contribution is 0.0572. The van der Waals surface area contributed by atoms with Crippen molar-refractivity contribution in [1.82, 2.24) is 14.7 Å². The first-order chi connectivity index (χ1) is 7.60. The van der Waals surface area contributed by atoms with Crippen molar-refractivity contribution >= 4 is 0 Å². The molecule has 0 bridgehead atoms. The monoisotopic (exact) mass is 225 g/mol. The number of aliphatic hydroxyl groups is 2. The molecule has 2 rings (SSSR count). The molecule has 0 aromatic carbocycles. The summed E-state index contributed by atoms with van der Waals surface area (Å²) in [6.07, 6.45) is -1.22. The Labute approximate surface area is 95.3 Å². The highest BCUT2D eigenvalue weighted by Gasteiger charge is 2.29. The Morgan fingerprint density at radius 2 is 2.00 bits per heavy atom. The van der Waals surface area contributed by atoms with Crippen molar-refractivity contribution < 1.29 is 10.2 Å². The molecule has 0 amide bonds. The van der Waals surface area contributed by atoms with Crippen molar-refractivity contribution in [3.63, 3.8) is 0 Å². The SMILES string of the molecule is CCn1nc(C)cc1CN1C[C@@H](O)[C@@H](O)C1.